The molecule has 1 atom stereocenters. The second kappa shape index (κ2) is 7.14. The van der Waals surface area contributed by atoms with E-state index in [0.717, 1.165) is 6.42 Å². The Bertz CT molecular complexity index is 78.8. The summed E-state index contributed by atoms with van der Waals surface area (Å²) >= 11 is 5.83. The molecule has 0 aliphatic carbocycles. The first-order valence-electron chi connectivity index (χ1n) is 4.08. The quantitative estimate of drug-likeness (QED) is 0.316. The summed E-state index contributed by atoms with van der Waals surface area (Å²) in [5, 5.41) is 0.192. The van der Waals surface area contributed by atoms with Crippen LogP contribution in [0.15, 0.2) is 12.7 Å². The Morgan fingerprint density at radius 1 is 1.40 bits per heavy atom. The molecule has 0 heterocycles. The minimum absolute atomic E-state index is 0.192. The number of unbranched alkanes of at least 4 members (excludes halogenated alkanes) is 3. The molecule has 0 radical (unpaired) electrons. The summed E-state index contributed by atoms with van der Waals surface area (Å²) in [5.74, 6) is 0. The summed E-state index contributed by atoms with van der Waals surface area (Å²) in [6, 6.07) is 0. The van der Waals surface area contributed by atoms with Gasteiger partial charge >= 0.3 is 0 Å². The largest absolute Gasteiger partial charge is 0.118 e. The van der Waals surface area contributed by atoms with Crippen molar-refractivity contribution >= 4 is 11.6 Å². The van der Waals surface area contributed by atoms with Crippen molar-refractivity contribution in [2.45, 2.75) is 44.4 Å². The number of allylic oxidation sites excluding steroid dienone is 1. The van der Waals surface area contributed by atoms with E-state index < -0.39 is 0 Å². The zero-order valence-electron chi connectivity index (χ0n) is 6.78. The maximum atomic E-state index is 5.83. The first-order chi connectivity index (χ1) is 4.81. The molecule has 0 amide bonds. The summed E-state index contributed by atoms with van der Waals surface area (Å²) in [5.41, 5.74) is 0. The lowest BCUT2D eigenvalue weighted by Gasteiger charge is -2.01. The van der Waals surface area contributed by atoms with E-state index in [0.29, 0.717) is 0 Å². The monoisotopic (exact) mass is 160 g/mol. The van der Waals surface area contributed by atoms with Gasteiger partial charge in [0, 0.05) is 0 Å². The third-order valence-electron chi connectivity index (χ3n) is 1.59. The molecular weight excluding hydrogens is 144 g/mol. The molecule has 0 aliphatic heterocycles. The second-order valence-electron chi connectivity index (χ2n) is 2.60. The standard InChI is InChI=1S/C9H17Cl/c1-3-5-6-7-8-9(10)4-2/h4,9H,2-3,5-8H2,1H3. The van der Waals surface area contributed by atoms with Crippen molar-refractivity contribution < 1.29 is 0 Å². The van der Waals surface area contributed by atoms with Gasteiger partial charge in [-0.15, -0.1) is 18.2 Å². The fourth-order valence-electron chi connectivity index (χ4n) is 0.884. The van der Waals surface area contributed by atoms with Crippen LogP contribution in [0.4, 0.5) is 0 Å². The Balaban J connectivity index is 2.95. The van der Waals surface area contributed by atoms with Crippen molar-refractivity contribution in [2.24, 2.45) is 0 Å². The summed E-state index contributed by atoms with van der Waals surface area (Å²) in [6.45, 7) is 5.84. The maximum Gasteiger partial charge on any atom is 0.0513 e. The van der Waals surface area contributed by atoms with Crippen molar-refractivity contribution in [3.63, 3.8) is 0 Å². The smallest absolute Gasteiger partial charge is 0.0513 e. The number of hydrogen-bond acceptors (Lipinski definition) is 0. The van der Waals surface area contributed by atoms with Gasteiger partial charge in [-0.25, -0.2) is 0 Å². The van der Waals surface area contributed by atoms with Crippen LogP contribution in [0.25, 0.3) is 0 Å². The minimum atomic E-state index is 0.192. The summed E-state index contributed by atoms with van der Waals surface area (Å²) in [4.78, 5) is 0. The lowest BCUT2D eigenvalue weighted by Crippen LogP contribution is -1.91. The molecule has 0 spiro atoms. The van der Waals surface area contributed by atoms with E-state index in [1.807, 2.05) is 6.08 Å². The maximum absolute atomic E-state index is 5.83. The summed E-state index contributed by atoms with van der Waals surface area (Å²) in [6.07, 6.45) is 8.09. The molecule has 0 fully saturated rings. The first-order valence-corrected chi connectivity index (χ1v) is 4.51. The molecule has 1 unspecified atom stereocenters. The third kappa shape index (κ3) is 6.15. The average Bonchev–Trinajstić information content (AvgIpc) is 1.98. The highest BCUT2D eigenvalue weighted by molar-refractivity contribution is 6.21. The van der Waals surface area contributed by atoms with E-state index in [-0.39, 0.29) is 5.38 Å². The van der Waals surface area contributed by atoms with Crippen LogP contribution < -0.4 is 0 Å². The average molecular weight is 161 g/mol. The molecule has 0 bridgehead atoms. The van der Waals surface area contributed by atoms with Gasteiger partial charge in [-0.2, -0.15) is 0 Å². The third-order valence-corrected chi connectivity index (χ3v) is 1.99. The molecule has 0 rings (SSSR count). The molecule has 0 aromatic heterocycles. The van der Waals surface area contributed by atoms with E-state index in [4.69, 9.17) is 11.6 Å². The summed E-state index contributed by atoms with van der Waals surface area (Å²) < 4.78 is 0. The van der Waals surface area contributed by atoms with Crippen molar-refractivity contribution in [2.75, 3.05) is 0 Å². The highest BCUT2D eigenvalue weighted by Gasteiger charge is 1.96. The van der Waals surface area contributed by atoms with Gasteiger partial charge in [0.15, 0.2) is 0 Å². The fourth-order valence-corrected chi connectivity index (χ4v) is 1.04. The first kappa shape index (κ1) is 10.0. The van der Waals surface area contributed by atoms with E-state index >= 15 is 0 Å². The van der Waals surface area contributed by atoms with Crippen molar-refractivity contribution in [1.29, 1.82) is 0 Å². The van der Waals surface area contributed by atoms with Crippen LogP contribution in [-0.2, 0) is 0 Å². The summed E-state index contributed by atoms with van der Waals surface area (Å²) in [7, 11) is 0. The van der Waals surface area contributed by atoms with Gasteiger partial charge in [-0.1, -0.05) is 38.7 Å². The molecule has 0 aromatic rings. The molecule has 0 saturated carbocycles. The van der Waals surface area contributed by atoms with E-state index in [2.05, 4.69) is 13.5 Å². The zero-order chi connectivity index (χ0) is 7.82. The van der Waals surface area contributed by atoms with Crippen LogP contribution in [0.2, 0.25) is 0 Å². The minimum Gasteiger partial charge on any atom is -0.118 e. The van der Waals surface area contributed by atoms with Crippen LogP contribution in [0.5, 0.6) is 0 Å². The molecule has 0 N–H and O–H groups in total. The topological polar surface area (TPSA) is 0 Å². The van der Waals surface area contributed by atoms with Gasteiger partial charge in [-0.3, -0.25) is 0 Å². The zero-order valence-corrected chi connectivity index (χ0v) is 7.53. The Morgan fingerprint density at radius 3 is 2.60 bits per heavy atom. The second-order valence-corrected chi connectivity index (χ2v) is 3.16. The van der Waals surface area contributed by atoms with Crippen molar-refractivity contribution in [1.82, 2.24) is 0 Å². The lowest BCUT2D eigenvalue weighted by molar-refractivity contribution is 0.640. The van der Waals surface area contributed by atoms with Gasteiger partial charge < -0.3 is 0 Å². The van der Waals surface area contributed by atoms with E-state index in [1.165, 1.54) is 25.7 Å². The SMILES string of the molecule is C=CC(Cl)CCCCCC. The van der Waals surface area contributed by atoms with Gasteiger partial charge in [0.2, 0.25) is 0 Å². The molecular formula is C9H17Cl. The highest BCUT2D eigenvalue weighted by atomic mass is 35.5. The van der Waals surface area contributed by atoms with Gasteiger partial charge in [0.1, 0.15) is 0 Å². The van der Waals surface area contributed by atoms with E-state index in [9.17, 15) is 0 Å². The van der Waals surface area contributed by atoms with Gasteiger partial charge in [0.05, 0.1) is 5.38 Å². The molecule has 0 nitrogen and oxygen atoms in total. The predicted molar refractivity (Wildman–Crippen MR) is 48.6 cm³/mol. The fraction of sp³-hybridized carbons (Fsp3) is 0.778. The Labute approximate surface area is 69.3 Å². The van der Waals surface area contributed by atoms with Crippen LogP contribution in [0.1, 0.15) is 39.0 Å². The van der Waals surface area contributed by atoms with Crippen molar-refractivity contribution in [3.8, 4) is 0 Å². The van der Waals surface area contributed by atoms with Gasteiger partial charge in [-0.05, 0) is 6.42 Å². The molecule has 0 aliphatic rings. The van der Waals surface area contributed by atoms with Crippen LogP contribution in [0.3, 0.4) is 0 Å². The molecule has 0 saturated heterocycles. The highest BCUT2D eigenvalue weighted by Crippen LogP contribution is 2.10. The molecule has 0 aromatic carbocycles. The van der Waals surface area contributed by atoms with Gasteiger partial charge in [0.25, 0.3) is 0 Å². The van der Waals surface area contributed by atoms with Crippen LogP contribution >= 0.6 is 11.6 Å². The van der Waals surface area contributed by atoms with Crippen LogP contribution in [-0.4, -0.2) is 5.38 Å². The molecule has 10 heavy (non-hydrogen) atoms. The Hall–Kier alpha value is 0.0300. The Kier molecular flexibility index (Phi) is 7.16. The van der Waals surface area contributed by atoms with Crippen molar-refractivity contribution in [3.05, 3.63) is 12.7 Å². The molecule has 60 valence electrons. The number of rotatable bonds is 6. The Morgan fingerprint density at radius 2 is 2.10 bits per heavy atom. The number of alkyl halides is 1. The lowest BCUT2D eigenvalue weighted by atomic mass is 10.1. The number of halogens is 1. The number of hydrogen-bond donors (Lipinski definition) is 0. The predicted octanol–water partition coefficient (Wildman–Crippen LogP) is 3.75. The normalized spacial score (nSPS) is 13.0. The molecule has 1 heteroatoms. The van der Waals surface area contributed by atoms with E-state index in [1.54, 1.807) is 0 Å². The van der Waals surface area contributed by atoms with Crippen LogP contribution in [0, 0.1) is 0 Å².